The Morgan fingerprint density at radius 2 is 2.10 bits per heavy atom. The first kappa shape index (κ1) is 14.6. The van der Waals surface area contributed by atoms with Crippen molar-refractivity contribution in [1.29, 1.82) is 0 Å². The summed E-state index contributed by atoms with van der Waals surface area (Å²) < 4.78 is 15.3. The predicted molar refractivity (Wildman–Crippen MR) is 77.5 cm³/mol. The number of aryl methyl sites for hydroxylation is 1. The third-order valence-electron chi connectivity index (χ3n) is 2.61. The molecule has 2 aromatic rings. The molecule has 0 saturated carbocycles. The molecule has 0 bridgehead atoms. The van der Waals surface area contributed by atoms with Crippen molar-refractivity contribution >= 4 is 11.6 Å². The maximum atomic E-state index is 5.80. The molecule has 0 aliphatic rings. The van der Waals surface area contributed by atoms with Crippen LogP contribution in [0.2, 0.25) is 0 Å². The van der Waals surface area contributed by atoms with Crippen LogP contribution in [0.5, 0.6) is 11.5 Å². The van der Waals surface area contributed by atoms with Crippen LogP contribution in [0.4, 0.5) is 5.69 Å². The van der Waals surface area contributed by atoms with E-state index in [0.29, 0.717) is 23.2 Å². The van der Waals surface area contributed by atoms with Crippen LogP contribution in [0.1, 0.15) is 11.7 Å². The van der Waals surface area contributed by atoms with Crippen molar-refractivity contribution < 1.29 is 14.0 Å². The SMILES string of the molecule is COc1ccc(NC(N)=NCc2nc(C)no2)cc1OC. The van der Waals surface area contributed by atoms with Gasteiger partial charge in [-0.05, 0) is 19.1 Å². The zero-order valence-electron chi connectivity index (χ0n) is 12.1. The topological polar surface area (TPSA) is 108 Å². The van der Waals surface area contributed by atoms with Crippen LogP contribution >= 0.6 is 0 Å². The number of aliphatic imine (C=N–C) groups is 1. The number of guanidine groups is 1. The predicted octanol–water partition coefficient (Wildman–Crippen LogP) is 1.32. The summed E-state index contributed by atoms with van der Waals surface area (Å²) in [6.07, 6.45) is 0. The van der Waals surface area contributed by atoms with Crippen LogP contribution < -0.4 is 20.5 Å². The van der Waals surface area contributed by atoms with E-state index < -0.39 is 0 Å². The van der Waals surface area contributed by atoms with Gasteiger partial charge in [-0.1, -0.05) is 5.16 Å². The van der Waals surface area contributed by atoms with Crippen LogP contribution in [0.25, 0.3) is 0 Å². The highest BCUT2D eigenvalue weighted by Gasteiger charge is 2.06. The van der Waals surface area contributed by atoms with Gasteiger partial charge < -0.3 is 25.0 Å². The summed E-state index contributed by atoms with van der Waals surface area (Å²) in [6, 6.07) is 5.34. The second-order valence-electron chi connectivity index (χ2n) is 4.13. The van der Waals surface area contributed by atoms with E-state index in [-0.39, 0.29) is 12.5 Å². The number of nitrogens with zero attached hydrogens (tertiary/aromatic N) is 3. The van der Waals surface area contributed by atoms with Gasteiger partial charge in [0.05, 0.1) is 14.2 Å². The van der Waals surface area contributed by atoms with Gasteiger partial charge in [0.15, 0.2) is 23.3 Å². The number of hydrogen-bond acceptors (Lipinski definition) is 6. The zero-order chi connectivity index (χ0) is 15.2. The van der Waals surface area contributed by atoms with E-state index in [1.165, 1.54) is 0 Å². The minimum absolute atomic E-state index is 0.215. The minimum atomic E-state index is 0.215. The molecule has 8 nitrogen and oxygen atoms in total. The van der Waals surface area contributed by atoms with Crippen molar-refractivity contribution in [2.24, 2.45) is 10.7 Å². The Morgan fingerprint density at radius 1 is 1.33 bits per heavy atom. The van der Waals surface area contributed by atoms with Crippen molar-refractivity contribution in [1.82, 2.24) is 10.1 Å². The van der Waals surface area contributed by atoms with E-state index >= 15 is 0 Å². The molecule has 2 rings (SSSR count). The van der Waals surface area contributed by atoms with Gasteiger partial charge in [0, 0.05) is 11.8 Å². The molecule has 1 heterocycles. The van der Waals surface area contributed by atoms with Gasteiger partial charge in [0.1, 0.15) is 6.54 Å². The number of aromatic nitrogens is 2. The number of benzene rings is 1. The Bertz CT molecular complexity index is 638. The lowest BCUT2D eigenvalue weighted by Gasteiger charge is -2.10. The average molecular weight is 291 g/mol. The van der Waals surface area contributed by atoms with E-state index in [9.17, 15) is 0 Å². The Kier molecular flexibility index (Phi) is 4.60. The fourth-order valence-electron chi connectivity index (χ4n) is 1.66. The quantitative estimate of drug-likeness (QED) is 0.631. The number of hydrogen-bond donors (Lipinski definition) is 2. The van der Waals surface area contributed by atoms with Gasteiger partial charge in [-0.3, -0.25) is 0 Å². The second-order valence-corrected chi connectivity index (χ2v) is 4.13. The van der Waals surface area contributed by atoms with Gasteiger partial charge >= 0.3 is 0 Å². The summed E-state index contributed by atoms with van der Waals surface area (Å²) in [5.41, 5.74) is 6.53. The Hall–Kier alpha value is -2.77. The molecule has 8 heteroatoms. The number of rotatable bonds is 5. The highest BCUT2D eigenvalue weighted by atomic mass is 16.5. The first-order valence-corrected chi connectivity index (χ1v) is 6.20. The molecule has 1 aromatic heterocycles. The molecule has 1 aromatic carbocycles. The highest BCUT2D eigenvalue weighted by molar-refractivity contribution is 5.92. The van der Waals surface area contributed by atoms with Crippen molar-refractivity contribution in [3.05, 3.63) is 29.9 Å². The van der Waals surface area contributed by atoms with Gasteiger partial charge in [-0.25, -0.2) is 4.99 Å². The molecule has 0 atom stereocenters. The molecule has 0 fully saturated rings. The summed E-state index contributed by atoms with van der Waals surface area (Å²) in [5.74, 6) is 2.44. The van der Waals surface area contributed by atoms with E-state index in [2.05, 4.69) is 20.4 Å². The van der Waals surface area contributed by atoms with Crippen LogP contribution in [0, 0.1) is 6.92 Å². The number of methoxy groups -OCH3 is 2. The molecule has 0 aliphatic carbocycles. The fourth-order valence-corrected chi connectivity index (χ4v) is 1.66. The molecule has 3 N–H and O–H groups in total. The molecule has 21 heavy (non-hydrogen) atoms. The van der Waals surface area contributed by atoms with Gasteiger partial charge in [-0.2, -0.15) is 4.98 Å². The smallest absolute Gasteiger partial charge is 0.248 e. The first-order chi connectivity index (χ1) is 10.1. The molecule has 112 valence electrons. The highest BCUT2D eigenvalue weighted by Crippen LogP contribution is 2.29. The fraction of sp³-hybridized carbons (Fsp3) is 0.308. The standard InChI is InChI=1S/C13H17N5O3/c1-8-16-12(21-18-8)7-15-13(14)17-9-4-5-10(19-2)11(6-9)20-3/h4-6H,7H2,1-3H3,(H3,14,15,17). The number of ether oxygens (including phenoxy) is 2. The maximum absolute atomic E-state index is 5.80. The summed E-state index contributed by atoms with van der Waals surface area (Å²) in [7, 11) is 3.14. The van der Waals surface area contributed by atoms with Gasteiger partial charge in [-0.15, -0.1) is 0 Å². The Morgan fingerprint density at radius 3 is 2.71 bits per heavy atom. The largest absolute Gasteiger partial charge is 0.493 e. The lowest BCUT2D eigenvalue weighted by atomic mass is 10.3. The molecule has 0 aliphatic heterocycles. The second kappa shape index (κ2) is 6.60. The molecule has 0 radical (unpaired) electrons. The summed E-state index contributed by atoms with van der Waals surface area (Å²) in [5, 5.41) is 6.62. The normalized spacial score (nSPS) is 11.3. The summed E-state index contributed by atoms with van der Waals surface area (Å²) >= 11 is 0. The van der Waals surface area contributed by atoms with E-state index in [1.807, 2.05) is 0 Å². The lowest BCUT2D eigenvalue weighted by molar-refractivity contribution is 0.355. The lowest BCUT2D eigenvalue weighted by Crippen LogP contribution is -2.22. The Balaban J connectivity index is 2.03. The monoisotopic (exact) mass is 291 g/mol. The maximum Gasteiger partial charge on any atom is 0.248 e. The third-order valence-corrected chi connectivity index (χ3v) is 2.61. The van der Waals surface area contributed by atoms with Crippen LogP contribution in [0.15, 0.2) is 27.7 Å². The number of anilines is 1. The third kappa shape index (κ3) is 3.85. The minimum Gasteiger partial charge on any atom is -0.493 e. The van der Waals surface area contributed by atoms with Crippen molar-refractivity contribution in [2.45, 2.75) is 13.5 Å². The van der Waals surface area contributed by atoms with Gasteiger partial charge in [0.25, 0.3) is 0 Å². The van der Waals surface area contributed by atoms with Crippen molar-refractivity contribution in [2.75, 3.05) is 19.5 Å². The molecule has 0 saturated heterocycles. The molecule has 0 unspecified atom stereocenters. The zero-order valence-corrected chi connectivity index (χ0v) is 12.1. The molecular weight excluding hydrogens is 274 g/mol. The van der Waals surface area contributed by atoms with E-state index in [4.69, 9.17) is 19.7 Å². The first-order valence-electron chi connectivity index (χ1n) is 6.20. The number of nitrogens with two attached hydrogens (primary N) is 1. The van der Waals surface area contributed by atoms with Crippen LogP contribution in [0.3, 0.4) is 0 Å². The molecular formula is C13H17N5O3. The number of nitrogens with one attached hydrogen (secondary N) is 1. The van der Waals surface area contributed by atoms with Crippen LogP contribution in [-0.4, -0.2) is 30.3 Å². The Labute approximate surface area is 122 Å². The summed E-state index contributed by atoms with van der Waals surface area (Å²) in [4.78, 5) is 8.15. The van der Waals surface area contributed by atoms with E-state index in [1.54, 1.807) is 39.3 Å². The van der Waals surface area contributed by atoms with Gasteiger partial charge in [0.2, 0.25) is 5.89 Å². The van der Waals surface area contributed by atoms with Crippen molar-refractivity contribution in [3.63, 3.8) is 0 Å². The molecule has 0 spiro atoms. The average Bonchev–Trinajstić information content (AvgIpc) is 2.90. The molecule has 0 amide bonds. The summed E-state index contributed by atoms with van der Waals surface area (Å²) in [6.45, 7) is 1.95. The van der Waals surface area contributed by atoms with Crippen molar-refractivity contribution in [3.8, 4) is 11.5 Å². The van der Waals surface area contributed by atoms with E-state index in [0.717, 1.165) is 5.69 Å². The van der Waals surface area contributed by atoms with Crippen LogP contribution in [-0.2, 0) is 6.54 Å².